The summed E-state index contributed by atoms with van der Waals surface area (Å²) in [7, 11) is -0.274. The van der Waals surface area contributed by atoms with Crippen molar-refractivity contribution in [2.24, 2.45) is 34.5 Å². The third-order valence-corrected chi connectivity index (χ3v) is 14.9. The Labute approximate surface area is 296 Å². The number of carbonyl (C=O) groups is 1. The number of fused-ring (bicyclic) bond motifs is 6. The van der Waals surface area contributed by atoms with Gasteiger partial charge in [-0.05, 0) is 105 Å². The quantitative estimate of drug-likeness (QED) is 0.224. The highest BCUT2D eigenvalue weighted by atomic mass is 32.2. The summed E-state index contributed by atoms with van der Waals surface area (Å²) in [5, 5.41) is 58.3. The zero-order valence-electron chi connectivity index (χ0n) is 30.2. The topological polar surface area (TPSA) is 165 Å². The van der Waals surface area contributed by atoms with E-state index in [1.807, 2.05) is 58.0 Å². The van der Waals surface area contributed by atoms with E-state index in [1.165, 1.54) is 0 Å². The van der Waals surface area contributed by atoms with E-state index in [1.54, 1.807) is 31.2 Å². The molecule has 3 fully saturated rings. The molecule has 2 aromatic carbocycles. The maximum absolute atomic E-state index is 13.5. The first-order valence-corrected chi connectivity index (χ1v) is 19.5. The molecule has 276 valence electrons. The van der Waals surface area contributed by atoms with Gasteiger partial charge >= 0.3 is 0 Å². The third kappa shape index (κ3) is 5.85. The standard InChI is InChI=1S/C39H55NO9S/c1-23(22-49-50(47,48)33-12-8-9-24-25(33)10-7-11-29(24)40(5)6)13-14-35(44)38(4,45)34-16-18-39(46)27-19-30(41)28-20-31(42)32(43)21-36(28,2)26(27)15-17-37(34,39)3/h7-12,19,23,26,28,31-32,34-35,42-46H,13-18,20-22H2,1-6H3/t23?,26?,28-,31+,32-,34?,35+,36?,37?,38?,39+/m0/s1. The Balaban J connectivity index is 1.13. The van der Waals surface area contributed by atoms with E-state index in [2.05, 4.69) is 0 Å². The van der Waals surface area contributed by atoms with Gasteiger partial charge in [-0.1, -0.05) is 45.0 Å². The lowest BCUT2D eigenvalue weighted by atomic mass is 9.45. The van der Waals surface area contributed by atoms with Gasteiger partial charge in [0, 0.05) is 41.9 Å². The SMILES string of the molecule is CC(CC[C@@H](O)C(C)(O)C1CC[C@@]2(O)C3=CC(=O)[C@@H]4C[C@@H](O)[C@@H](O)CC4(C)C3CCC12C)COS(=O)(=O)c1cccc2c(N(C)C)cccc12. The number of aliphatic hydroxyl groups is 5. The largest absolute Gasteiger partial charge is 0.390 e. The minimum Gasteiger partial charge on any atom is -0.390 e. The molecule has 5 N–H and O–H groups in total. The van der Waals surface area contributed by atoms with Gasteiger partial charge in [0.25, 0.3) is 10.1 Å². The molecule has 4 aliphatic rings. The van der Waals surface area contributed by atoms with Crippen molar-refractivity contribution in [3.8, 4) is 0 Å². The van der Waals surface area contributed by atoms with Crippen LogP contribution in [0.4, 0.5) is 5.69 Å². The van der Waals surface area contributed by atoms with Crippen molar-refractivity contribution in [3.63, 3.8) is 0 Å². The Morgan fingerprint density at radius 3 is 2.38 bits per heavy atom. The van der Waals surface area contributed by atoms with E-state index >= 15 is 0 Å². The van der Waals surface area contributed by atoms with Gasteiger partial charge in [0.2, 0.25) is 0 Å². The Morgan fingerprint density at radius 1 is 1.00 bits per heavy atom. The summed E-state index contributed by atoms with van der Waals surface area (Å²) in [6, 6.07) is 10.6. The number of hydrogen-bond acceptors (Lipinski definition) is 10. The number of rotatable bonds is 10. The summed E-state index contributed by atoms with van der Waals surface area (Å²) < 4.78 is 32.2. The smallest absolute Gasteiger partial charge is 0.297 e. The zero-order valence-corrected chi connectivity index (χ0v) is 31.0. The summed E-state index contributed by atoms with van der Waals surface area (Å²) in [4.78, 5) is 15.5. The van der Waals surface area contributed by atoms with Crippen molar-refractivity contribution in [1.82, 2.24) is 0 Å². The molecule has 0 radical (unpaired) electrons. The lowest BCUT2D eigenvalue weighted by molar-refractivity contribution is -0.176. The van der Waals surface area contributed by atoms with Crippen molar-refractivity contribution < 1.29 is 42.9 Å². The molecule has 0 amide bonds. The average Bonchev–Trinajstić information content (AvgIpc) is 3.35. The van der Waals surface area contributed by atoms with Crippen LogP contribution in [0.2, 0.25) is 0 Å². The van der Waals surface area contributed by atoms with E-state index < -0.39 is 62.3 Å². The van der Waals surface area contributed by atoms with Crippen molar-refractivity contribution in [2.75, 3.05) is 25.6 Å². The zero-order chi connectivity index (χ0) is 36.6. The van der Waals surface area contributed by atoms with Crippen molar-refractivity contribution in [2.45, 2.75) is 113 Å². The predicted octanol–water partition coefficient (Wildman–Crippen LogP) is 4.34. The van der Waals surface area contributed by atoms with Crippen LogP contribution in [0, 0.1) is 34.5 Å². The molecule has 0 aromatic heterocycles. The molecule has 6 unspecified atom stereocenters. The predicted molar refractivity (Wildman–Crippen MR) is 191 cm³/mol. The molecule has 6 rings (SSSR count). The maximum atomic E-state index is 13.5. The highest BCUT2D eigenvalue weighted by Crippen LogP contribution is 2.68. The Kier molecular flexibility index (Phi) is 9.67. The number of carbonyl (C=O) groups excluding carboxylic acids is 1. The van der Waals surface area contributed by atoms with Crippen LogP contribution in [-0.4, -0.2) is 89.9 Å². The molecule has 0 bridgehead atoms. The van der Waals surface area contributed by atoms with Crippen LogP contribution in [0.1, 0.15) is 79.1 Å². The monoisotopic (exact) mass is 713 g/mol. The van der Waals surface area contributed by atoms with Crippen molar-refractivity contribution in [1.29, 1.82) is 0 Å². The Morgan fingerprint density at radius 2 is 1.68 bits per heavy atom. The molecule has 2 aromatic rings. The van der Waals surface area contributed by atoms with Gasteiger partial charge in [-0.25, -0.2) is 0 Å². The van der Waals surface area contributed by atoms with Gasteiger partial charge in [0.05, 0.1) is 36.1 Å². The summed E-state index contributed by atoms with van der Waals surface area (Å²) in [6.07, 6.45) is 1.66. The van der Waals surface area contributed by atoms with Crippen LogP contribution in [-0.2, 0) is 19.1 Å². The van der Waals surface area contributed by atoms with Crippen LogP contribution < -0.4 is 4.90 Å². The summed E-state index contributed by atoms with van der Waals surface area (Å²) >= 11 is 0. The lowest BCUT2D eigenvalue weighted by Gasteiger charge is -2.60. The average molecular weight is 714 g/mol. The molecule has 0 heterocycles. The second kappa shape index (κ2) is 12.9. The fourth-order valence-electron chi connectivity index (χ4n) is 10.5. The molecule has 11 heteroatoms. The number of aliphatic hydroxyl groups excluding tert-OH is 3. The van der Waals surface area contributed by atoms with Crippen LogP contribution in [0.15, 0.2) is 52.9 Å². The molecule has 10 nitrogen and oxygen atoms in total. The second-order valence-corrected chi connectivity index (χ2v) is 18.4. The molecule has 4 aliphatic carbocycles. The normalized spacial score (nSPS) is 36.5. The molecule has 3 saturated carbocycles. The number of allylic oxidation sites excluding steroid dienone is 1. The first-order valence-electron chi connectivity index (χ1n) is 18.1. The first kappa shape index (κ1) is 37.4. The summed E-state index contributed by atoms with van der Waals surface area (Å²) in [5.41, 5.74) is -2.77. The van der Waals surface area contributed by atoms with Gasteiger partial charge in [-0.3, -0.25) is 8.98 Å². The fraction of sp³-hybridized carbons (Fsp3) is 0.667. The van der Waals surface area contributed by atoms with Crippen LogP contribution >= 0.6 is 0 Å². The number of ketones is 1. The van der Waals surface area contributed by atoms with E-state index in [9.17, 15) is 38.7 Å². The van der Waals surface area contributed by atoms with E-state index in [-0.39, 0.29) is 48.4 Å². The number of nitrogens with zero attached hydrogens (tertiary/aromatic N) is 1. The lowest BCUT2D eigenvalue weighted by Crippen LogP contribution is -2.62. The van der Waals surface area contributed by atoms with Gasteiger partial charge in [0.1, 0.15) is 4.90 Å². The number of benzene rings is 2. The van der Waals surface area contributed by atoms with Crippen molar-refractivity contribution in [3.05, 3.63) is 48.0 Å². The van der Waals surface area contributed by atoms with Gasteiger partial charge < -0.3 is 30.4 Å². The minimum atomic E-state index is -4.08. The number of anilines is 1. The summed E-state index contributed by atoms with van der Waals surface area (Å²) in [5.74, 6) is -1.41. The van der Waals surface area contributed by atoms with Crippen LogP contribution in [0.25, 0.3) is 10.8 Å². The molecule has 0 saturated heterocycles. The highest BCUT2D eigenvalue weighted by molar-refractivity contribution is 7.87. The summed E-state index contributed by atoms with van der Waals surface area (Å²) in [6.45, 7) is 7.34. The Bertz CT molecular complexity index is 1770. The molecule has 0 spiro atoms. The molecular formula is C39H55NO9S. The Hall–Kier alpha value is -2.38. The molecule has 11 atom stereocenters. The maximum Gasteiger partial charge on any atom is 0.297 e. The van der Waals surface area contributed by atoms with E-state index in [0.717, 1.165) is 11.1 Å². The van der Waals surface area contributed by atoms with Crippen LogP contribution in [0.3, 0.4) is 0 Å². The van der Waals surface area contributed by atoms with Gasteiger partial charge in [-0.2, -0.15) is 8.42 Å². The van der Waals surface area contributed by atoms with E-state index in [4.69, 9.17) is 4.18 Å². The molecule has 50 heavy (non-hydrogen) atoms. The highest BCUT2D eigenvalue weighted by Gasteiger charge is 2.69. The first-order chi connectivity index (χ1) is 23.3. The minimum absolute atomic E-state index is 0.0864. The fourth-order valence-corrected chi connectivity index (χ4v) is 11.7. The second-order valence-electron chi connectivity index (χ2n) is 16.8. The van der Waals surface area contributed by atoms with Crippen LogP contribution in [0.5, 0.6) is 0 Å². The van der Waals surface area contributed by atoms with Gasteiger partial charge in [-0.15, -0.1) is 0 Å². The van der Waals surface area contributed by atoms with E-state index in [0.29, 0.717) is 43.1 Å². The molecule has 0 aliphatic heterocycles. The third-order valence-electron chi connectivity index (χ3n) is 13.5. The van der Waals surface area contributed by atoms with Gasteiger partial charge in [0.15, 0.2) is 5.78 Å². The number of hydrogen-bond donors (Lipinski definition) is 5. The molecular weight excluding hydrogens is 658 g/mol. The van der Waals surface area contributed by atoms with Crippen molar-refractivity contribution >= 4 is 32.4 Å².